The number of thioether (sulfide) groups is 1. The van der Waals surface area contributed by atoms with E-state index in [0.29, 0.717) is 48.5 Å². The summed E-state index contributed by atoms with van der Waals surface area (Å²) in [6.45, 7) is 5.88. The third kappa shape index (κ3) is 6.86. The average Bonchev–Trinajstić information content (AvgIpc) is 3.15. The molecule has 1 N–H and O–H groups in total. The summed E-state index contributed by atoms with van der Waals surface area (Å²) in [6, 6.07) is 4.48. The van der Waals surface area contributed by atoms with Gasteiger partial charge in [-0.25, -0.2) is 4.79 Å². The topological polar surface area (TPSA) is 86.6 Å². The van der Waals surface area contributed by atoms with E-state index < -0.39 is 6.04 Å². The molecule has 1 aliphatic rings. The number of carbonyl (C=O) groups excluding carboxylic acids is 1. The van der Waals surface area contributed by atoms with Crippen molar-refractivity contribution in [3.63, 3.8) is 0 Å². The van der Waals surface area contributed by atoms with Crippen LogP contribution in [-0.4, -0.2) is 68.6 Å². The summed E-state index contributed by atoms with van der Waals surface area (Å²) in [4.78, 5) is 15.8. The number of rotatable bonds is 9. The number of aliphatic imine (C=N–C) groups is 1. The van der Waals surface area contributed by atoms with Crippen LogP contribution in [0.1, 0.15) is 19.4 Å². The van der Waals surface area contributed by atoms with Crippen molar-refractivity contribution in [3.8, 4) is 11.5 Å². The first-order valence-electron chi connectivity index (χ1n) is 8.47. The summed E-state index contributed by atoms with van der Waals surface area (Å²) in [5.41, 5.74) is 0.579. The minimum atomic E-state index is -0.519. The lowest BCUT2D eigenvalue weighted by Crippen LogP contribution is -2.19. The zero-order valence-corrected chi connectivity index (χ0v) is 16.5. The van der Waals surface area contributed by atoms with E-state index in [2.05, 4.69) is 9.73 Å². The van der Waals surface area contributed by atoms with Gasteiger partial charge in [0.1, 0.15) is 23.1 Å². The fourth-order valence-corrected chi connectivity index (χ4v) is 3.08. The lowest BCUT2D eigenvalue weighted by Gasteiger charge is -2.09. The molecular formula is C18H27NO6S. The Kier molecular flexibility index (Phi) is 10.8. The van der Waals surface area contributed by atoms with Gasteiger partial charge in [0, 0.05) is 24.5 Å². The van der Waals surface area contributed by atoms with Gasteiger partial charge in [0.15, 0.2) is 6.04 Å². The SMILES string of the molecule is CC.COCCOCCOc1ccc(C2=N[C@@H](C(=O)OC)CS2)c(O)c1. The van der Waals surface area contributed by atoms with E-state index in [4.69, 9.17) is 14.2 Å². The number of hydrogen-bond acceptors (Lipinski definition) is 8. The number of hydrogen-bond donors (Lipinski definition) is 1. The average molecular weight is 385 g/mol. The largest absolute Gasteiger partial charge is 0.507 e. The van der Waals surface area contributed by atoms with E-state index in [1.807, 2.05) is 13.8 Å². The summed E-state index contributed by atoms with van der Waals surface area (Å²) in [5.74, 6) is 0.744. The molecule has 0 fully saturated rings. The highest BCUT2D eigenvalue weighted by Crippen LogP contribution is 2.31. The van der Waals surface area contributed by atoms with E-state index in [0.717, 1.165) is 0 Å². The highest BCUT2D eigenvalue weighted by atomic mass is 32.2. The Morgan fingerprint density at radius 2 is 1.96 bits per heavy atom. The van der Waals surface area contributed by atoms with Crippen LogP contribution in [0.3, 0.4) is 0 Å². The van der Waals surface area contributed by atoms with Crippen LogP contribution >= 0.6 is 11.8 Å². The molecule has 1 aliphatic heterocycles. The number of aromatic hydroxyl groups is 1. The number of carbonyl (C=O) groups is 1. The van der Waals surface area contributed by atoms with Gasteiger partial charge in [-0.2, -0.15) is 0 Å². The van der Waals surface area contributed by atoms with Crippen LogP contribution in [-0.2, 0) is 19.0 Å². The van der Waals surface area contributed by atoms with Gasteiger partial charge in [0.2, 0.25) is 0 Å². The quantitative estimate of drug-likeness (QED) is 0.516. The Morgan fingerprint density at radius 1 is 1.23 bits per heavy atom. The monoisotopic (exact) mass is 385 g/mol. The molecule has 0 aliphatic carbocycles. The molecule has 8 heteroatoms. The normalized spacial score (nSPS) is 15.7. The Morgan fingerprint density at radius 3 is 2.62 bits per heavy atom. The summed E-state index contributed by atoms with van der Waals surface area (Å²) in [5, 5.41) is 10.8. The molecular weight excluding hydrogens is 358 g/mol. The van der Waals surface area contributed by atoms with Crippen LogP contribution < -0.4 is 4.74 Å². The number of benzene rings is 1. The molecule has 146 valence electrons. The second-order valence-electron chi connectivity index (χ2n) is 4.92. The van der Waals surface area contributed by atoms with Crippen molar-refractivity contribution >= 4 is 22.8 Å². The first kappa shape index (κ1) is 22.3. The van der Waals surface area contributed by atoms with Gasteiger partial charge >= 0.3 is 5.97 Å². The number of methoxy groups -OCH3 is 2. The molecule has 2 rings (SSSR count). The molecule has 0 spiro atoms. The number of nitrogens with zero attached hydrogens (tertiary/aromatic N) is 1. The van der Waals surface area contributed by atoms with E-state index in [-0.39, 0.29) is 11.7 Å². The number of phenolic OH excluding ortho intramolecular Hbond substituents is 1. The second kappa shape index (κ2) is 12.6. The first-order chi connectivity index (χ1) is 12.7. The van der Waals surface area contributed by atoms with Crippen LogP contribution in [0.5, 0.6) is 11.5 Å². The predicted octanol–water partition coefficient (Wildman–Crippen LogP) is 2.50. The minimum Gasteiger partial charge on any atom is -0.507 e. The highest BCUT2D eigenvalue weighted by Gasteiger charge is 2.27. The van der Waals surface area contributed by atoms with Crippen LogP contribution in [0.4, 0.5) is 0 Å². The maximum atomic E-state index is 11.5. The predicted molar refractivity (Wildman–Crippen MR) is 102 cm³/mol. The van der Waals surface area contributed by atoms with Crippen molar-refractivity contribution in [3.05, 3.63) is 23.8 Å². The lowest BCUT2D eigenvalue weighted by molar-refractivity contribution is -0.141. The summed E-state index contributed by atoms with van der Waals surface area (Å²) in [6.07, 6.45) is 0. The van der Waals surface area contributed by atoms with Crippen LogP contribution in [0.2, 0.25) is 0 Å². The minimum absolute atomic E-state index is 0.0598. The number of esters is 1. The molecule has 1 atom stereocenters. The molecule has 0 bridgehead atoms. The van der Waals surface area contributed by atoms with E-state index in [1.54, 1.807) is 19.2 Å². The van der Waals surface area contributed by atoms with Crippen molar-refractivity contribution in [2.75, 3.05) is 46.4 Å². The van der Waals surface area contributed by atoms with Gasteiger partial charge in [-0.3, -0.25) is 4.99 Å². The maximum absolute atomic E-state index is 11.5. The molecule has 26 heavy (non-hydrogen) atoms. The lowest BCUT2D eigenvalue weighted by atomic mass is 10.2. The van der Waals surface area contributed by atoms with Crippen molar-refractivity contribution in [2.24, 2.45) is 4.99 Å². The number of phenols is 1. The smallest absolute Gasteiger partial charge is 0.331 e. The van der Waals surface area contributed by atoms with Gasteiger partial charge in [-0.15, -0.1) is 11.8 Å². The first-order valence-corrected chi connectivity index (χ1v) is 9.45. The Balaban J connectivity index is 0.00000163. The third-order valence-electron chi connectivity index (χ3n) is 3.25. The van der Waals surface area contributed by atoms with Crippen molar-refractivity contribution in [2.45, 2.75) is 19.9 Å². The molecule has 1 aromatic carbocycles. The third-order valence-corrected chi connectivity index (χ3v) is 4.33. The fraction of sp³-hybridized carbons (Fsp3) is 0.556. The van der Waals surface area contributed by atoms with E-state index >= 15 is 0 Å². The zero-order chi connectivity index (χ0) is 19.4. The molecule has 0 unspecified atom stereocenters. The summed E-state index contributed by atoms with van der Waals surface area (Å²) < 4.78 is 20.4. The highest BCUT2D eigenvalue weighted by molar-refractivity contribution is 8.14. The van der Waals surface area contributed by atoms with E-state index in [1.165, 1.54) is 24.9 Å². The van der Waals surface area contributed by atoms with Gasteiger partial charge in [-0.05, 0) is 12.1 Å². The van der Waals surface area contributed by atoms with Crippen molar-refractivity contribution < 1.29 is 28.8 Å². The summed E-state index contributed by atoms with van der Waals surface area (Å²) >= 11 is 1.41. The van der Waals surface area contributed by atoms with Gasteiger partial charge in [0.25, 0.3) is 0 Å². The number of ether oxygens (including phenoxy) is 4. The van der Waals surface area contributed by atoms with E-state index in [9.17, 15) is 9.90 Å². The zero-order valence-electron chi connectivity index (χ0n) is 15.7. The molecule has 0 saturated heterocycles. The molecule has 0 saturated carbocycles. The van der Waals surface area contributed by atoms with Gasteiger partial charge in [-0.1, -0.05) is 13.8 Å². The molecule has 1 aromatic rings. The maximum Gasteiger partial charge on any atom is 0.331 e. The second-order valence-corrected chi connectivity index (χ2v) is 5.93. The van der Waals surface area contributed by atoms with Gasteiger partial charge < -0.3 is 24.1 Å². The Hall–Kier alpha value is -1.77. The summed E-state index contributed by atoms with van der Waals surface area (Å²) in [7, 11) is 2.95. The van der Waals surface area contributed by atoms with Crippen molar-refractivity contribution in [1.82, 2.24) is 0 Å². The molecule has 0 radical (unpaired) electrons. The molecule has 0 aromatic heterocycles. The van der Waals surface area contributed by atoms with Crippen LogP contribution in [0.25, 0.3) is 0 Å². The van der Waals surface area contributed by atoms with Crippen molar-refractivity contribution in [1.29, 1.82) is 0 Å². The Labute approximate surface area is 158 Å². The Bertz CT molecular complexity index is 593. The molecule has 0 amide bonds. The standard InChI is InChI=1S/C16H21NO6S.C2H6/c1-20-5-6-22-7-8-23-11-3-4-12(14(18)9-11)15-17-13(10-24-15)16(19)21-2;1-2/h3-4,9,13,18H,5-8,10H2,1-2H3;1-2H3/t13-;/m1./s1. The van der Waals surface area contributed by atoms with Crippen LogP contribution in [0.15, 0.2) is 23.2 Å². The van der Waals surface area contributed by atoms with Gasteiger partial charge in [0.05, 0.1) is 26.9 Å². The fourth-order valence-electron chi connectivity index (χ4n) is 2.02. The van der Waals surface area contributed by atoms with Crippen LogP contribution in [0, 0.1) is 0 Å². The molecule has 1 heterocycles. The molecule has 7 nitrogen and oxygen atoms in total.